The summed E-state index contributed by atoms with van der Waals surface area (Å²) in [5.74, 6) is 0.160. The van der Waals surface area contributed by atoms with Gasteiger partial charge in [0.1, 0.15) is 5.56 Å². The van der Waals surface area contributed by atoms with Crippen molar-refractivity contribution in [3.8, 4) is 0 Å². The summed E-state index contributed by atoms with van der Waals surface area (Å²) in [6.45, 7) is 1.58. The van der Waals surface area contributed by atoms with E-state index in [1.807, 2.05) is 0 Å². The number of ether oxygens (including phenoxy) is 1. The molecule has 0 saturated carbocycles. The van der Waals surface area contributed by atoms with Crippen molar-refractivity contribution in [1.82, 2.24) is 4.90 Å². The molecule has 7 heteroatoms. The van der Waals surface area contributed by atoms with E-state index in [1.165, 1.54) is 12.1 Å². The number of rotatable bonds is 5. The number of hydrogen-bond donors (Lipinski definition) is 0. The number of benzene rings is 1. The molecule has 1 saturated heterocycles. The van der Waals surface area contributed by atoms with Crippen molar-refractivity contribution in [2.75, 3.05) is 25.6 Å². The normalized spacial score (nSPS) is 16.0. The van der Waals surface area contributed by atoms with E-state index in [-0.39, 0.29) is 23.3 Å². The molecule has 0 unspecified atom stereocenters. The van der Waals surface area contributed by atoms with Crippen LogP contribution in [-0.4, -0.2) is 47.4 Å². The maximum Gasteiger partial charge on any atom is 0.282 e. The highest BCUT2D eigenvalue weighted by Crippen LogP contribution is 2.22. The van der Waals surface area contributed by atoms with Gasteiger partial charge < -0.3 is 9.64 Å². The third-order valence-corrected chi connectivity index (χ3v) is 3.65. The number of piperidine rings is 1. The predicted octanol–water partition coefficient (Wildman–Crippen LogP) is 2.45. The Bertz CT molecular complexity index is 515. The molecule has 0 N–H and O–H groups in total. The quantitative estimate of drug-likeness (QED) is 0.475. The SMILES string of the molecule is O=C(c1ccccc1[N+](=O)[O-])N1CCC(OCCCl)CC1. The molecule has 1 aromatic rings. The highest BCUT2D eigenvalue weighted by Gasteiger charge is 2.28. The fourth-order valence-electron chi connectivity index (χ4n) is 2.42. The first kappa shape index (κ1) is 15.7. The van der Waals surface area contributed by atoms with Gasteiger partial charge in [-0.2, -0.15) is 0 Å². The second-order valence-electron chi connectivity index (χ2n) is 4.83. The molecule has 0 radical (unpaired) electrons. The van der Waals surface area contributed by atoms with Gasteiger partial charge in [-0.1, -0.05) is 12.1 Å². The summed E-state index contributed by atoms with van der Waals surface area (Å²) in [6, 6.07) is 6.04. The van der Waals surface area contributed by atoms with Gasteiger partial charge in [0, 0.05) is 25.0 Å². The first-order valence-corrected chi connectivity index (χ1v) is 7.37. The van der Waals surface area contributed by atoms with Crippen molar-refractivity contribution < 1.29 is 14.5 Å². The zero-order chi connectivity index (χ0) is 15.2. The lowest BCUT2D eigenvalue weighted by Gasteiger charge is -2.31. The van der Waals surface area contributed by atoms with Crippen LogP contribution in [0.25, 0.3) is 0 Å². The van der Waals surface area contributed by atoms with Gasteiger partial charge in [-0.15, -0.1) is 11.6 Å². The Morgan fingerprint density at radius 1 is 1.38 bits per heavy atom. The van der Waals surface area contributed by atoms with Crippen LogP contribution in [0.3, 0.4) is 0 Å². The molecule has 1 aliphatic rings. The maximum atomic E-state index is 12.4. The lowest BCUT2D eigenvalue weighted by Crippen LogP contribution is -2.41. The molecular weight excluding hydrogens is 296 g/mol. The number of nitro benzene ring substituents is 1. The van der Waals surface area contributed by atoms with E-state index in [2.05, 4.69) is 0 Å². The van der Waals surface area contributed by atoms with E-state index >= 15 is 0 Å². The van der Waals surface area contributed by atoms with E-state index in [1.54, 1.807) is 17.0 Å². The van der Waals surface area contributed by atoms with Gasteiger partial charge in [-0.3, -0.25) is 14.9 Å². The van der Waals surface area contributed by atoms with Crippen LogP contribution in [0.2, 0.25) is 0 Å². The molecule has 2 rings (SSSR count). The lowest BCUT2D eigenvalue weighted by atomic mass is 10.1. The van der Waals surface area contributed by atoms with Crippen LogP contribution < -0.4 is 0 Å². The Morgan fingerprint density at radius 2 is 2.05 bits per heavy atom. The molecule has 0 aliphatic carbocycles. The van der Waals surface area contributed by atoms with Crippen molar-refractivity contribution in [2.24, 2.45) is 0 Å². The minimum absolute atomic E-state index is 0.110. The summed E-state index contributed by atoms with van der Waals surface area (Å²) in [6.07, 6.45) is 1.56. The van der Waals surface area contributed by atoms with Gasteiger partial charge in [-0.05, 0) is 18.9 Å². The summed E-state index contributed by atoms with van der Waals surface area (Å²) in [7, 11) is 0. The topological polar surface area (TPSA) is 72.7 Å². The average molecular weight is 313 g/mol. The second-order valence-corrected chi connectivity index (χ2v) is 5.20. The van der Waals surface area contributed by atoms with E-state index in [4.69, 9.17) is 16.3 Å². The number of hydrogen-bond acceptors (Lipinski definition) is 4. The van der Waals surface area contributed by atoms with Gasteiger partial charge in [0.25, 0.3) is 11.6 Å². The van der Waals surface area contributed by atoms with Crippen LogP contribution in [0, 0.1) is 10.1 Å². The first-order valence-electron chi connectivity index (χ1n) is 6.83. The van der Waals surface area contributed by atoms with Crippen molar-refractivity contribution >= 4 is 23.2 Å². The summed E-state index contributed by atoms with van der Waals surface area (Å²) in [5.41, 5.74) is -0.00867. The number of nitrogens with zero attached hydrogens (tertiary/aromatic N) is 2. The Balaban J connectivity index is 2.01. The number of alkyl halides is 1. The molecule has 1 fully saturated rings. The summed E-state index contributed by atoms with van der Waals surface area (Å²) < 4.78 is 5.55. The Labute approximate surface area is 127 Å². The third kappa shape index (κ3) is 3.92. The largest absolute Gasteiger partial charge is 0.377 e. The van der Waals surface area contributed by atoms with Crippen LogP contribution in [0.15, 0.2) is 24.3 Å². The number of carbonyl (C=O) groups excluding carboxylic acids is 1. The van der Waals surface area contributed by atoms with E-state index in [9.17, 15) is 14.9 Å². The molecule has 0 bridgehead atoms. The highest BCUT2D eigenvalue weighted by atomic mass is 35.5. The first-order chi connectivity index (χ1) is 10.1. The fourth-order valence-corrected chi connectivity index (χ4v) is 2.51. The third-order valence-electron chi connectivity index (χ3n) is 3.49. The van der Waals surface area contributed by atoms with Crippen LogP contribution in [0.4, 0.5) is 5.69 Å². The number of nitro groups is 1. The number of carbonyl (C=O) groups is 1. The average Bonchev–Trinajstić information content (AvgIpc) is 2.52. The number of halogens is 1. The summed E-state index contributed by atoms with van der Waals surface area (Å²) >= 11 is 5.57. The van der Waals surface area contributed by atoms with Crippen molar-refractivity contribution in [3.05, 3.63) is 39.9 Å². The smallest absolute Gasteiger partial charge is 0.282 e. The summed E-state index contributed by atoms with van der Waals surface area (Å²) in [4.78, 5) is 24.5. The molecule has 21 heavy (non-hydrogen) atoms. The molecule has 6 nitrogen and oxygen atoms in total. The highest BCUT2D eigenvalue weighted by molar-refractivity contribution is 6.17. The van der Waals surface area contributed by atoms with Gasteiger partial charge in [0.05, 0.1) is 17.6 Å². The number of likely N-dealkylation sites (tertiary alicyclic amines) is 1. The molecule has 114 valence electrons. The van der Waals surface area contributed by atoms with Gasteiger partial charge in [0.2, 0.25) is 0 Å². The molecule has 0 atom stereocenters. The molecular formula is C14H17ClN2O4. The van der Waals surface area contributed by atoms with Crippen LogP contribution in [-0.2, 0) is 4.74 Å². The minimum Gasteiger partial charge on any atom is -0.377 e. The van der Waals surface area contributed by atoms with Crippen LogP contribution in [0.1, 0.15) is 23.2 Å². The van der Waals surface area contributed by atoms with Gasteiger partial charge >= 0.3 is 0 Å². The molecule has 1 amide bonds. The Hall–Kier alpha value is -1.66. The fraction of sp³-hybridized carbons (Fsp3) is 0.500. The number of amides is 1. The molecule has 1 heterocycles. The maximum absolute atomic E-state index is 12.4. The molecule has 1 aliphatic heterocycles. The lowest BCUT2D eigenvalue weighted by molar-refractivity contribution is -0.385. The van der Waals surface area contributed by atoms with Crippen molar-refractivity contribution in [1.29, 1.82) is 0 Å². The Morgan fingerprint density at radius 3 is 2.67 bits per heavy atom. The zero-order valence-corrected chi connectivity index (χ0v) is 12.3. The summed E-state index contributed by atoms with van der Waals surface area (Å²) in [5, 5.41) is 11.0. The molecule has 0 spiro atoms. The van der Waals surface area contributed by atoms with E-state index in [0.717, 1.165) is 12.8 Å². The van der Waals surface area contributed by atoms with Gasteiger partial charge in [0.15, 0.2) is 0 Å². The van der Waals surface area contributed by atoms with Crippen LogP contribution >= 0.6 is 11.6 Å². The molecule has 0 aromatic heterocycles. The van der Waals surface area contributed by atoms with Crippen molar-refractivity contribution in [3.63, 3.8) is 0 Å². The van der Waals surface area contributed by atoms with E-state index < -0.39 is 4.92 Å². The Kier molecular flexibility index (Phi) is 5.52. The van der Waals surface area contributed by atoms with Crippen LogP contribution in [0.5, 0.6) is 0 Å². The monoisotopic (exact) mass is 312 g/mol. The predicted molar refractivity (Wildman–Crippen MR) is 78.7 cm³/mol. The second kappa shape index (κ2) is 7.38. The standard InChI is InChI=1S/C14H17ClN2O4/c15-7-10-21-11-5-8-16(9-6-11)14(18)12-3-1-2-4-13(12)17(19)20/h1-4,11H,5-10H2. The van der Waals surface area contributed by atoms with Crippen molar-refractivity contribution in [2.45, 2.75) is 18.9 Å². The number of para-hydroxylation sites is 1. The molecule has 1 aromatic carbocycles. The minimum atomic E-state index is -0.524. The van der Waals surface area contributed by atoms with E-state index in [0.29, 0.717) is 25.6 Å². The zero-order valence-electron chi connectivity index (χ0n) is 11.5. The van der Waals surface area contributed by atoms with Gasteiger partial charge in [-0.25, -0.2) is 0 Å².